The molecule has 0 radical (unpaired) electrons. The SMILES string of the molecule is CCN1C2CCC(C2)C1OC1C2CCC(C2)N1CC. The topological polar surface area (TPSA) is 15.7 Å². The van der Waals surface area contributed by atoms with Crippen LogP contribution in [0.25, 0.3) is 0 Å². The van der Waals surface area contributed by atoms with Crippen molar-refractivity contribution in [1.82, 2.24) is 9.80 Å². The molecular formula is C16H28N2O. The summed E-state index contributed by atoms with van der Waals surface area (Å²) in [6.07, 6.45) is 9.28. The lowest BCUT2D eigenvalue weighted by Crippen LogP contribution is -2.50. The molecule has 2 aliphatic carbocycles. The van der Waals surface area contributed by atoms with Crippen molar-refractivity contribution in [3.8, 4) is 0 Å². The van der Waals surface area contributed by atoms with Crippen LogP contribution in [-0.4, -0.2) is 47.4 Å². The molecule has 0 aromatic carbocycles. The lowest BCUT2D eigenvalue weighted by Gasteiger charge is -2.41. The Labute approximate surface area is 117 Å². The van der Waals surface area contributed by atoms with Gasteiger partial charge in [0, 0.05) is 23.9 Å². The van der Waals surface area contributed by atoms with E-state index in [2.05, 4.69) is 23.6 Å². The summed E-state index contributed by atoms with van der Waals surface area (Å²) in [5, 5.41) is 0. The second kappa shape index (κ2) is 4.71. The Morgan fingerprint density at radius 1 is 0.789 bits per heavy atom. The first-order valence-corrected chi connectivity index (χ1v) is 8.48. The van der Waals surface area contributed by atoms with Gasteiger partial charge < -0.3 is 4.74 Å². The Morgan fingerprint density at radius 2 is 1.26 bits per heavy atom. The van der Waals surface area contributed by atoms with Crippen LogP contribution in [0.3, 0.4) is 0 Å². The molecule has 4 bridgehead atoms. The van der Waals surface area contributed by atoms with E-state index in [0.717, 1.165) is 23.9 Å². The molecular weight excluding hydrogens is 236 g/mol. The highest BCUT2D eigenvalue weighted by Crippen LogP contribution is 2.47. The van der Waals surface area contributed by atoms with E-state index in [4.69, 9.17) is 4.74 Å². The minimum absolute atomic E-state index is 0.433. The molecule has 0 aromatic rings. The highest BCUT2D eigenvalue weighted by atomic mass is 16.5. The van der Waals surface area contributed by atoms with Crippen molar-refractivity contribution in [3.63, 3.8) is 0 Å². The van der Waals surface area contributed by atoms with E-state index >= 15 is 0 Å². The Kier molecular flexibility index (Phi) is 3.13. The molecule has 0 spiro atoms. The van der Waals surface area contributed by atoms with Crippen LogP contribution in [0.4, 0.5) is 0 Å². The second-order valence-electron chi connectivity index (χ2n) is 7.03. The van der Waals surface area contributed by atoms with Gasteiger partial charge in [-0.25, -0.2) is 0 Å². The highest BCUT2D eigenvalue weighted by molar-refractivity contribution is 4.99. The fourth-order valence-corrected chi connectivity index (χ4v) is 5.46. The summed E-state index contributed by atoms with van der Waals surface area (Å²) in [6, 6.07) is 1.65. The third-order valence-electron chi connectivity index (χ3n) is 6.30. The van der Waals surface area contributed by atoms with Crippen molar-refractivity contribution in [1.29, 1.82) is 0 Å². The Hall–Kier alpha value is -0.120. The van der Waals surface area contributed by atoms with Crippen molar-refractivity contribution < 1.29 is 4.74 Å². The molecule has 19 heavy (non-hydrogen) atoms. The first kappa shape index (κ1) is 12.6. The van der Waals surface area contributed by atoms with Gasteiger partial charge in [-0.05, 0) is 51.6 Å². The summed E-state index contributed by atoms with van der Waals surface area (Å²) in [7, 11) is 0. The number of piperidine rings is 2. The van der Waals surface area contributed by atoms with Crippen LogP contribution < -0.4 is 0 Å². The van der Waals surface area contributed by atoms with E-state index in [1.807, 2.05) is 0 Å². The average Bonchev–Trinajstić information content (AvgIpc) is 3.18. The van der Waals surface area contributed by atoms with Crippen molar-refractivity contribution in [2.75, 3.05) is 13.1 Å². The van der Waals surface area contributed by atoms with Gasteiger partial charge in [0.2, 0.25) is 0 Å². The molecule has 2 saturated heterocycles. The number of likely N-dealkylation sites (tertiary alicyclic amines) is 2. The van der Waals surface area contributed by atoms with Gasteiger partial charge in [-0.15, -0.1) is 0 Å². The zero-order valence-corrected chi connectivity index (χ0v) is 12.4. The minimum atomic E-state index is 0.433. The van der Waals surface area contributed by atoms with Crippen LogP contribution in [0.15, 0.2) is 0 Å². The summed E-state index contributed by atoms with van der Waals surface area (Å²) in [6.45, 7) is 6.93. The smallest absolute Gasteiger partial charge is 0.115 e. The van der Waals surface area contributed by atoms with Crippen molar-refractivity contribution >= 4 is 0 Å². The fourth-order valence-electron chi connectivity index (χ4n) is 5.46. The van der Waals surface area contributed by atoms with Gasteiger partial charge in [-0.2, -0.15) is 0 Å². The predicted molar refractivity (Wildman–Crippen MR) is 75.7 cm³/mol. The van der Waals surface area contributed by atoms with Crippen molar-refractivity contribution in [3.05, 3.63) is 0 Å². The number of hydrogen-bond acceptors (Lipinski definition) is 3. The van der Waals surface area contributed by atoms with E-state index in [1.165, 1.54) is 51.6 Å². The lowest BCUT2D eigenvalue weighted by atomic mass is 10.0. The second-order valence-corrected chi connectivity index (χ2v) is 7.03. The van der Waals surface area contributed by atoms with Crippen LogP contribution in [0.1, 0.15) is 52.4 Å². The monoisotopic (exact) mass is 264 g/mol. The first-order valence-electron chi connectivity index (χ1n) is 8.48. The molecule has 0 aromatic heterocycles. The number of rotatable bonds is 4. The molecule has 0 N–H and O–H groups in total. The molecule has 2 heterocycles. The molecule has 3 nitrogen and oxygen atoms in total. The minimum Gasteiger partial charge on any atom is -0.344 e. The largest absolute Gasteiger partial charge is 0.344 e. The molecule has 0 amide bonds. The van der Waals surface area contributed by atoms with Gasteiger partial charge in [0.25, 0.3) is 0 Å². The maximum Gasteiger partial charge on any atom is 0.115 e. The van der Waals surface area contributed by atoms with Crippen LogP contribution in [-0.2, 0) is 4.74 Å². The van der Waals surface area contributed by atoms with Crippen molar-refractivity contribution in [2.24, 2.45) is 11.8 Å². The summed E-state index contributed by atoms with van der Waals surface area (Å²) in [5.41, 5.74) is 0. The summed E-state index contributed by atoms with van der Waals surface area (Å²) in [4.78, 5) is 5.29. The van der Waals surface area contributed by atoms with Crippen LogP contribution >= 0.6 is 0 Å². The lowest BCUT2D eigenvalue weighted by molar-refractivity contribution is -0.180. The zero-order chi connectivity index (χ0) is 13.0. The summed E-state index contributed by atoms with van der Waals surface area (Å²) in [5.74, 6) is 1.64. The number of fused-ring (bicyclic) bond motifs is 4. The van der Waals surface area contributed by atoms with E-state index in [0.29, 0.717) is 12.5 Å². The number of hydrogen-bond donors (Lipinski definition) is 0. The molecule has 2 aliphatic heterocycles. The maximum atomic E-state index is 6.70. The maximum absolute atomic E-state index is 6.70. The average molecular weight is 264 g/mol. The van der Waals surface area contributed by atoms with Crippen LogP contribution in [0, 0.1) is 11.8 Å². The third-order valence-corrected chi connectivity index (χ3v) is 6.30. The first-order chi connectivity index (χ1) is 9.31. The quantitative estimate of drug-likeness (QED) is 0.776. The molecule has 4 fully saturated rings. The van der Waals surface area contributed by atoms with E-state index < -0.39 is 0 Å². The van der Waals surface area contributed by atoms with Crippen LogP contribution in [0.2, 0.25) is 0 Å². The molecule has 4 aliphatic rings. The molecule has 2 saturated carbocycles. The Bertz CT molecular complexity index is 316. The van der Waals surface area contributed by atoms with Gasteiger partial charge >= 0.3 is 0 Å². The third kappa shape index (κ3) is 1.81. The predicted octanol–water partition coefficient (Wildman–Crippen LogP) is 2.66. The molecule has 108 valence electrons. The van der Waals surface area contributed by atoms with Gasteiger partial charge in [0.05, 0.1) is 0 Å². The standard InChI is InChI=1S/C16H28N2O/c1-3-17-13-7-5-11(9-13)15(17)19-16-12-6-8-14(10-12)18(16)4-2/h11-16H,3-10H2,1-2H3. The van der Waals surface area contributed by atoms with Crippen LogP contribution in [0.5, 0.6) is 0 Å². The molecule has 4 rings (SSSR count). The Balaban J connectivity index is 1.49. The normalized spacial score (nSPS) is 49.6. The van der Waals surface area contributed by atoms with E-state index in [-0.39, 0.29) is 0 Å². The van der Waals surface area contributed by atoms with E-state index in [9.17, 15) is 0 Å². The van der Waals surface area contributed by atoms with E-state index in [1.54, 1.807) is 0 Å². The molecule has 6 unspecified atom stereocenters. The van der Waals surface area contributed by atoms with Crippen molar-refractivity contribution in [2.45, 2.75) is 76.9 Å². The Morgan fingerprint density at radius 3 is 1.68 bits per heavy atom. The number of nitrogens with zero attached hydrogens (tertiary/aromatic N) is 2. The molecule has 6 atom stereocenters. The fraction of sp³-hybridized carbons (Fsp3) is 1.00. The zero-order valence-electron chi connectivity index (χ0n) is 12.4. The summed E-state index contributed by atoms with van der Waals surface area (Å²) >= 11 is 0. The molecule has 3 heteroatoms. The van der Waals surface area contributed by atoms with Gasteiger partial charge in [0.15, 0.2) is 0 Å². The van der Waals surface area contributed by atoms with Gasteiger partial charge in [-0.3, -0.25) is 9.80 Å². The summed E-state index contributed by atoms with van der Waals surface area (Å²) < 4.78 is 6.70. The number of ether oxygens (including phenoxy) is 1. The highest BCUT2D eigenvalue weighted by Gasteiger charge is 2.51. The van der Waals surface area contributed by atoms with Gasteiger partial charge in [0.1, 0.15) is 12.5 Å². The van der Waals surface area contributed by atoms with Gasteiger partial charge in [-0.1, -0.05) is 13.8 Å².